The Kier molecular flexibility index (Phi) is 5.33. The van der Waals surface area contributed by atoms with Crippen LogP contribution in [0.15, 0.2) is 48.1 Å². The van der Waals surface area contributed by atoms with Crippen LogP contribution in [0.4, 0.5) is 8.78 Å². The van der Waals surface area contributed by atoms with Crippen LogP contribution < -0.4 is 14.8 Å². The second kappa shape index (κ2) is 7.55. The van der Waals surface area contributed by atoms with Gasteiger partial charge in [-0.3, -0.25) is 4.79 Å². The molecule has 0 fully saturated rings. The number of allylic oxidation sites excluding steroid dienone is 4. The number of hydrogen-bond acceptors (Lipinski definition) is 5. The fraction of sp³-hybridized carbons (Fsp3) is 0.200. The Morgan fingerprint density at radius 1 is 1.25 bits per heavy atom. The number of amides is 1. The van der Waals surface area contributed by atoms with Gasteiger partial charge in [0.1, 0.15) is 5.69 Å². The molecular weight excluding hydrogens is 386 g/mol. The van der Waals surface area contributed by atoms with Gasteiger partial charge in [-0.1, -0.05) is 18.7 Å². The number of aryl methyl sites for hydroxylation is 2. The summed E-state index contributed by atoms with van der Waals surface area (Å²) >= 11 is 1.39. The molecule has 1 N–H and O–H groups in total. The molecule has 0 radical (unpaired) electrons. The molecule has 0 bridgehead atoms. The van der Waals surface area contributed by atoms with Gasteiger partial charge in [0.05, 0.1) is 5.51 Å². The molecule has 1 amide bonds. The van der Waals surface area contributed by atoms with E-state index in [-0.39, 0.29) is 17.4 Å². The zero-order valence-electron chi connectivity index (χ0n) is 15.5. The second-order valence-electron chi connectivity index (χ2n) is 6.10. The van der Waals surface area contributed by atoms with Gasteiger partial charge < -0.3 is 14.8 Å². The Hall–Kier alpha value is -3.00. The number of fused-ring (bicyclic) bond motifs is 1. The predicted octanol–water partition coefficient (Wildman–Crippen LogP) is 4.98. The molecule has 28 heavy (non-hydrogen) atoms. The molecule has 1 aromatic heterocycles. The summed E-state index contributed by atoms with van der Waals surface area (Å²) in [5.74, 6) is -0.359. The Morgan fingerprint density at radius 3 is 2.54 bits per heavy atom. The topological polar surface area (TPSA) is 60.5 Å². The van der Waals surface area contributed by atoms with Gasteiger partial charge in [-0.2, -0.15) is 0 Å². The van der Waals surface area contributed by atoms with Crippen molar-refractivity contribution in [3.8, 4) is 11.5 Å². The smallest absolute Gasteiger partial charge is 0.395 e. The molecule has 2 aromatic rings. The summed E-state index contributed by atoms with van der Waals surface area (Å²) in [6.45, 7) is 9.24. The van der Waals surface area contributed by atoms with E-state index in [1.54, 1.807) is 24.6 Å². The second-order valence-corrected chi connectivity index (χ2v) is 7.15. The maximum atomic E-state index is 13.3. The van der Waals surface area contributed by atoms with Crippen molar-refractivity contribution in [1.82, 2.24) is 10.3 Å². The molecular formula is C20H18F2N2O3S. The highest BCUT2D eigenvalue weighted by molar-refractivity contribution is 7.09. The van der Waals surface area contributed by atoms with Crippen molar-refractivity contribution in [3.63, 3.8) is 0 Å². The highest BCUT2D eigenvalue weighted by atomic mass is 32.1. The standard InChI is InChI=1S/C20H18F2N2O3S/c1-5-14(7-6-12(3)24-19(25)18-13(4)28-10-23-18)15-9-17-16(8-11(15)2)26-20(21,22)27-17/h5-10H,3H2,1-2,4H3,(H,24,25)/b7-6-,14-5+. The van der Waals surface area contributed by atoms with E-state index in [9.17, 15) is 13.6 Å². The molecule has 0 unspecified atom stereocenters. The number of halogens is 2. The van der Waals surface area contributed by atoms with Gasteiger partial charge >= 0.3 is 6.29 Å². The third-order valence-corrected chi connectivity index (χ3v) is 4.83. The molecule has 0 atom stereocenters. The lowest BCUT2D eigenvalue weighted by Crippen LogP contribution is -2.25. The van der Waals surface area contributed by atoms with Gasteiger partial charge in [0.25, 0.3) is 5.91 Å². The molecule has 146 valence electrons. The number of rotatable bonds is 5. The number of ether oxygens (including phenoxy) is 2. The van der Waals surface area contributed by atoms with E-state index in [0.717, 1.165) is 16.0 Å². The highest BCUT2D eigenvalue weighted by Crippen LogP contribution is 2.43. The number of aromatic nitrogens is 1. The lowest BCUT2D eigenvalue weighted by atomic mass is 9.99. The first-order valence-corrected chi connectivity index (χ1v) is 9.23. The predicted molar refractivity (Wildman–Crippen MR) is 104 cm³/mol. The summed E-state index contributed by atoms with van der Waals surface area (Å²) in [5.41, 5.74) is 4.53. The molecule has 3 rings (SSSR count). The minimum atomic E-state index is -3.66. The maximum Gasteiger partial charge on any atom is 0.586 e. The number of nitrogens with one attached hydrogen (secondary N) is 1. The van der Waals surface area contributed by atoms with Crippen LogP contribution in [-0.2, 0) is 0 Å². The Bertz CT molecular complexity index is 1010. The number of carbonyl (C=O) groups excluding carboxylic acids is 1. The molecule has 0 saturated carbocycles. The Balaban J connectivity index is 1.75. The summed E-state index contributed by atoms with van der Waals surface area (Å²) in [7, 11) is 0. The molecule has 1 aliphatic heterocycles. The maximum absolute atomic E-state index is 13.3. The monoisotopic (exact) mass is 404 g/mol. The van der Waals surface area contributed by atoms with Gasteiger partial charge in [0.15, 0.2) is 11.5 Å². The summed E-state index contributed by atoms with van der Waals surface area (Å²) in [4.78, 5) is 17.0. The first kappa shape index (κ1) is 19.8. The quantitative estimate of drug-likeness (QED) is 0.714. The van der Waals surface area contributed by atoms with Crippen LogP contribution in [0.1, 0.15) is 33.4 Å². The third-order valence-electron chi connectivity index (χ3n) is 4.07. The first-order valence-electron chi connectivity index (χ1n) is 8.36. The lowest BCUT2D eigenvalue weighted by Gasteiger charge is -2.09. The summed E-state index contributed by atoms with van der Waals surface area (Å²) in [6.07, 6.45) is 1.53. The van der Waals surface area contributed by atoms with E-state index in [2.05, 4.69) is 26.4 Å². The van der Waals surface area contributed by atoms with Crippen LogP contribution in [0, 0.1) is 13.8 Å². The summed E-state index contributed by atoms with van der Waals surface area (Å²) in [5, 5.41) is 2.67. The van der Waals surface area contributed by atoms with Crippen LogP contribution in [-0.4, -0.2) is 17.2 Å². The lowest BCUT2D eigenvalue weighted by molar-refractivity contribution is -0.286. The van der Waals surface area contributed by atoms with E-state index in [0.29, 0.717) is 17.0 Å². The number of benzene rings is 1. The van der Waals surface area contributed by atoms with E-state index in [4.69, 9.17) is 0 Å². The largest absolute Gasteiger partial charge is 0.586 e. The van der Waals surface area contributed by atoms with Gasteiger partial charge in [-0.05, 0) is 55.7 Å². The number of alkyl halides is 2. The van der Waals surface area contributed by atoms with Crippen molar-refractivity contribution in [2.24, 2.45) is 0 Å². The summed E-state index contributed by atoms with van der Waals surface area (Å²) in [6, 6.07) is 3.01. The van der Waals surface area contributed by atoms with Gasteiger partial charge in [-0.25, -0.2) is 4.98 Å². The van der Waals surface area contributed by atoms with Crippen LogP contribution in [0.3, 0.4) is 0 Å². The van der Waals surface area contributed by atoms with E-state index in [1.165, 1.54) is 23.5 Å². The van der Waals surface area contributed by atoms with Crippen molar-refractivity contribution >= 4 is 22.8 Å². The van der Waals surface area contributed by atoms with Crippen LogP contribution in [0.25, 0.3) is 5.57 Å². The molecule has 2 heterocycles. The zero-order chi connectivity index (χ0) is 20.5. The normalized spacial score (nSPS) is 15.1. The molecule has 1 aromatic carbocycles. The number of thiazole rings is 1. The Labute approximate surface area is 165 Å². The first-order chi connectivity index (χ1) is 13.2. The minimum Gasteiger partial charge on any atom is -0.395 e. The van der Waals surface area contributed by atoms with E-state index < -0.39 is 6.29 Å². The Morgan fingerprint density at radius 2 is 1.93 bits per heavy atom. The average Bonchev–Trinajstić information content (AvgIpc) is 3.16. The molecule has 1 aliphatic rings. The van der Waals surface area contributed by atoms with Gasteiger partial charge in [0.2, 0.25) is 0 Å². The van der Waals surface area contributed by atoms with Crippen molar-refractivity contribution in [3.05, 3.63) is 69.8 Å². The van der Waals surface area contributed by atoms with E-state index >= 15 is 0 Å². The summed E-state index contributed by atoms with van der Waals surface area (Å²) < 4.78 is 35.5. The minimum absolute atomic E-state index is 0.000915. The SMILES string of the molecule is C=C(/C=C\C(=C/C)c1cc2c(cc1C)OC(F)(F)O2)NC(=O)c1ncsc1C. The van der Waals surface area contributed by atoms with Crippen molar-refractivity contribution in [1.29, 1.82) is 0 Å². The molecule has 0 spiro atoms. The number of carbonyl (C=O) groups is 1. The molecule has 0 aliphatic carbocycles. The van der Waals surface area contributed by atoms with Crippen molar-refractivity contribution in [2.75, 3.05) is 0 Å². The fourth-order valence-corrected chi connectivity index (χ4v) is 3.28. The van der Waals surface area contributed by atoms with Crippen molar-refractivity contribution < 1.29 is 23.0 Å². The van der Waals surface area contributed by atoms with Gasteiger partial charge in [0, 0.05) is 10.6 Å². The van der Waals surface area contributed by atoms with Crippen LogP contribution in [0.5, 0.6) is 11.5 Å². The van der Waals surface area contributed by atoms with Crippen LogP contribution in [0.2, 0.25) is 0 Å². The number of hydrogen-bond donors (Lipinski definition) is 1. The third kappa shape index (κ3) is 4.12. The average molecular weight is 404 g/mol. The zero-order valence-corrected chi connectivity index (χ0v) is 16.3. The van der Waals surface area contributed by atoms with Crippen LogP contribution >= 0.6 is 11.3 Å². The number of nitrogens with zero attached hydrogens (tertiary/aromatic N) is 1. The fourth-order valence-electron chi connectivity index (χ4n) is 2.71. The molecule has 5 nitrogen and oxygen atoms in total. The molecule has 8 heteroatoms. The molecule has 0 saturated heterocycles. The van der Waals surface area contributed by atoms with E-state index in [1.807, 2.05) is 19.9 Å². The van der Waals surface area contributed by atoms with Gasteiger partial charge in [-0.15, -0.1) is 20.1 Å². The highest BCUT2D eigenvalue weighted by Gasteiger charge is 2.43. The van der Waals surface area contributed by atoms with Crippen molar-refractivity contribution in [2.45, 2.75) is 27.1 Å².